The quantitative estimate of drug-likeness (QED) is 0.290. The minimum absolute atomic E-state index is 0.0119. The largest absolute Gasteiger partial charge is 0.466 e. The Kier molecular flexibility index (Phi) is 10.7. The molecular formula is C34H45F2NO8. The molecule has 4 rings (SSSR count). The molecule has 248 valence electrons. The third-order valence-electron chi connectivity index (χ3n) is 8.93. The SMILES string of the molecule is CCOC(=O)[C@]12CC(=O)[C@@H]3C[C@H](OC(=O)c4ccccc4)CN3C(=O)[C@@H](CC(=O)OC(C)(C)C)CCCCCC(F)(F)C[C@@H]1C2. The van der Waals surface area contributed by atoms with Crippen molar-refractivity contribution in [3.05, 3.63) is 35.9 Å². The van der Waals surface area contributed by atoms with E-state index in [4.69, 9.17) is 14.2 Å². The van der Waals surface area contributed by atoms with Crippen molar-refractivity contribution in [3.63, 3.8) is 0 Å². The maximum atomic E-state index is 15.0. The molecule has 2 saturated heterocycles. The zero-order chi connectivity index (χ0) is 33.0. The summed E-state index contributed by atoms with van der Waals surface area (Å²) in [5.41, 5.74) is -1.86. The third kappa shape index (κ3) is 8.88. The van der Waals surface area contributed by atoms with Gasteiger partial charge in [-0.2, -0.15) is 0 Å². The minimum atomic E-state index is -3.02. The van der Waals surface area contributed by atoms with Crippen LogP contribution in [0.15, 0.2) is 30.3 Å². The molecule has 1 aliphatic carbocycles. The number of ketones is 1. The van der Waals surface area contributed by atoms with Gasteiger partial charge in [-0.15, -0.1) is 0 Å². The van der Waals surface area contributed by atoms with Gasteiger partial charge in [-0.25, -0.2) is 13.6 Å². The van der Waals surface area contributed by atoms with E-state index in [2.05, 4.69) is 0 Å². The number of halogens is 2. The van der Waals surface area contributed by atoms with Crippen LogP contribution in [0.5, 0.6) is 0 Å². The third-order valence-corrected chi connectivity index (χ3v) is 8.93. The summed E-state index contributed by atoms with van der Waals surface area (Å²) in [7, 11) is 0. The first-order valence-corrected chi connectivity index (χ1v) is 16.0. The normalized spacial score (nSPS) is 29.0. The molecule has 2 heterocycles. The van der Waals surface area contributed by atoms with Crippen molar-refractivity contribution in [1.29, 1.82) is 0 Å². The molecule has 0 radical (unpaired) electrons. The lowest BCUT2D eigenvalue weighted by molar-refractivity contribution is -0.159. The van der Waals surface area contributed by atoms with Crippen LogP contribution in [0.2, 0.25) is 0 Å². The number of fused-ring (bicyclic) bond motifs is 2. The van der Waals surface area contributed by atoms with E-state index in [-0.39, 0.29) is 58.1 Å². The summed E-state index contributed by atoms with van der Waals surface area (Å²) in [5.74, 6) is -7.43. The van der Waals surface area contributed by atoms with Gasteiger partial charge in [-0.1, -0.05) is 31.0 Å². The van der Waals surface area contributed by atoms with Crippen molar-refractivity contribution >= 4 is 29.6 Å². The van der Waals surface area contributed by atoms with Crippen molar-refractivity contribution in [2.24, 2.45) is 17.3 Å². The van der Waals surface area contributed by atoms with Crippen LogP contribution in [-0.2, 0) is 33.4 Å². The number of carbonyl (C=O) groups is 5. The minimum Gasteiger partial charge on any atom is -0.466 e. The highest BCUT2D eigenvalue weighted by atomic mass is 19.3. The van der Waals surface area contributed by atoms with Crippen molar-refractivity contribution < 1.29 is 47.0 Å². The average molecular weight is 634 g/mol. The number of ether oxygens (including phenoxy) is 3. The number of amides is 1. The first-order chi connectivity index (χ1) is 21.1. The molecule has 1 aromatic carbocycles. The van der Waals surface area contributed by atoms with Crippen molar-refractivity contribution in [2.45, 2.75) is 116 Å². The number of hydrogen-bond donors (Lipinski definition) is 0. The van der Waals surface area contributed by atoms with Gasteiger partial charge in [0, 0.05) is 31.6 Å². The summed E-state index contributed by atoms with van der Waals surface area (Å²) < 4.78 is 46.5. The summed E-state index contributed by atoms with van der Waals surface area (Å²) >= 11 is 0. The van der Waals surface area contributed by atoms with Crippen LogP contribution >= 0.6 is 0 Å². The lowest BCUT2D eigenvalue weighted by Crippen LogP contribution is -2.45. The number of nitrogens with zero attached hydrogens (tertiary/aromatic N) is 1. The van der Waals surface area contributed by atoms with Crippen molar-refractivity contribution in [3.8, 4) is 0 Å². The standard InChI is InChI=1S/C34H45F2NO8/c1-5-43-31(42)33-18-24(33)19-34(35,36)15-11-7-10-14-23(16-28(39)45-32(2,3)4)29(40)37-21-25(17-26(37)27(38)20-33)44-30(41)22-12-8-6-9-13-22/h6,8-9,12-13,23-26H,5,7,10-11,14-21H2,1-4H3/t23-,24+,25+,26+,33-/m1/s1. The lowest BCUT2D eigenvalue weighted by atomic mass is 9.90. The Hall–Kier alpha value is -3.37. The van der Waals surface area contributed by atoms with E-state index >= 15 is 8.78 Å². The van der Waals surface area contributed by atoms with Gasteiger partial charge in [-0.05, 0) is 65.0 Å². The highest BCUT2D eigenvalue weighted by molar-refractivity contribution is 5.96. The molecule has 3 aliphatic rings. The Bertz CT molecular complexity index is 1260. The van der Waals surface area contributed by atoms with E-state index in [0.29, 0.717) is 18.4 Å². The van der Waals surface area contributed by atoms with Crippen LogP contribution in [0.25, 0.3) is 0 Å². The summed E-state index contributed by atoms with van der Waals surface area (Å²) in [6.07, 6.45) is -0.948. The number of esters is 3. The summed E-state index contributed by atoms with van der Waals surface area (Å²) in [5, 5.41) is 0. The highest BCUT2D eigenvalue weighted by Gasteiger charge is 2.64. The first-order valence-electron chi connectivity index (χ1n) is 16.0. The zero-order valence-corrected chi connectivity index (χ0v) is 26.7. The van der Waals surface area contributed by atoms with E-state index in [9.17, 15) is 24.0 Å². The molecule has 0 bridgehead atoms. The Morgan fingerprint density at radius 2 is 1.73 bits per heavy atom. The molecule has 11 heteroatoms. The summed E-state index contributed by atoms with van der Waals surface area (Å²) in [6.45, 7) is 6.73. The van der Waals surface area contributed by atoms with Gasteiger partial charge in [0.2, 0.25) is 11.8 Å². The molecule has 2 aliphatic heterocycles. The van der Waals surface area contributed by atoms with Gasteiger partial charge < -0.3 is 19.1 Å². The molecule has 0 unspecified atom stereocenters. The second-order valence-electron chi connectivity index (χ2n) is 13.7. The number of benzene rings is 1. The molecule has 1 saturated carbocycles. The average Bonchev–Trinajstić information content (AvgIpc) is 3.45. The van der Waals surface area contributed by atoms with E-state index in [1.54, 1.807) is 58.0 Å². The molecule has 45 heavy (non-hydrogen) atoms. The lowest BCUT2D eigenvalue weighted by Gasteiger charge is -2.29. The van der Waals surface area contributed by atoms with Gasteiger partial charge in [0.05, 0.1) is 36.6 Å². The van der Waals surface area contributed by atoms with Crippen LogP contribution < -0.4 is 0 Å². The molecule has 3 fully saturated rings. The van der Waals surface area contributed by atoms with E-state index in [1.807, 2.05) is 0 Å². The predicted octanol–water partition coefficient (Wildman–Crippen LogP) is 5.68. The molecule has 0 aromatic heterocycles. The second-order valence-corrected chi connectivity index (χ2v) is 13.7. The number of alkyl halides is 2. The number of Topliss-reactive ketones (excluding diaryl/α,β-unsaturated/α-hetero) is 1. The Balaban J connectivity index is 1.64. The molecule has 1 aromatic rings. The van der Waals surface area contributed by atoms with Gasteiger partial charge in [0.1, 0.15) is 11.7 Å². The Labute approximate surface area is 263 Å². The van der Waals surface area contributed by atoms with Crippen LogP contribution in [0.1, 0.15) is 102 Å². The van der Waals surface area contributed by atoms with E-state index in [1.165, 1.54) is 4.90 Å². The monoisotopic (exact) mass is 633 g/mol. The zero-order valence-electron chi connectivity index (χ0n) is 26.7. The molecule has 0 N–H and O–H groups in total. The highest BCUT2D eigenvalue weighted by Crippen LogP contribution is 2.60. The summed E-state index contributed by atoms with van der Waals surface area (Å²) in [6, 6.07) is 7.25. The van der Waals surface area contributed by atoms with Gasteiger partial charge >= 0.3 is 17.9 Å². The maximum absolute atomic E-state index is 15.0. The fourth-order valence-electron chi connectivity index (χ4n) is 6.66. The predicted molar refractivity (Wildman–Crippen MR) is 159 cm³/mol. The van der Waals surface area contributed by atoms with E-state index < -0.39 is 76.9 Å². The first kappa shape index (κ1) is 34.5. The Morgan fingerprint density at radius 3 is 2.40 bits per heavy atom. The molecule has 5 atom stereocenters. The molecule has 9 nitrogen and oxygen atoms in total. The fraction of sp³-hybridized carbons (Fsp3) is 0.676. The van der Waals surface area contributed by atoms with Crippen molar-refractivity contribution in [1.82, 2.24) is 4.90 Å². The smallest absolute Gasteiger partial charge is 0.338 e. The number of hydrogen-bond acceptors (Lipinski definition) is 8. The van der Waals surface area contributed by atoms with E-state index in [0.717, 1.165) is 0 Å². The van der Waals surface area contributed by atoms with Crippen LogP contribution in [0.3, 0.4) is 0 Å². The van der Waals surface area contributed by atoms with Crippen molar-refractivity contribution in [2.75, 3.05) is 13.2 Å². The Morgan fingerprint density at radius 1 is 1.02 bits per heavy atom. The molecule has 1 amide bonds. The van der Waals surface area contributed by atoms with Crippen LogP contribution in [0, 0.1) is 17.3 Å². The number of rotatable bonds is 6. The van der Waals surface area contributed by atoms with Gasteiger partial charge in [0.15, 0.2) is 5.78 Å². The van der Waals surface area contributed by atoms with Crippen LogP contribution in [-0.4, -0.2) is 71.3 Å². The fourth-order valence-corrected chi connectivity index (χ4v) is 6.66. The van der Waals surface area contributed by atoms with Gasteiger partial charge in [0.25, 0.3) is 0 Å². The maximum Gasteiger partial charge on any atom is 0.338 e. The van der Waals surface area contributed by atoms with Gasteiger partial charge in [-0.3, -0.25) is 19.2 Å². The summed E-state index contributed by atoms with van der Waals surface area (Å²) in [4.78, 5) is 68.3. The topological polar surface area (TPSA) is 116 Å². The van der Waals surface area contributed by atoms with Crippen LogP contribution in [0.4, 0.5) is 8.78 Å². The number of carbonyl (C=O) groups excluding carboxylic acids is 5. The second kappa shape index (κ2) is 14.0. The molecular weight excluding hydrogens is 588 g/mol. The molecule has 0 spiro atoms.